The van der Waals surface area contributed by atoms with E-state index in [2.05, 4.69) is 16.0 Å². The van der Waals surface area contributed by atoms with Crippen LogP contribution in [0.5, 0.6) is 0 Å². The van der Waals surface area contributed by atoms with Crippen LogP contribution in [0.25, 0.3) is 0 Å². The van der Waals surface area contributed by atoms with Crippen LogP contribution in [0, 0.1) is 30.6 Å². The van der Waals surface area contributed by atoms with Crippen LogP contribution in [-0.4, -0.2) is 228 Å². The quantitative estimate of drug-likeness (QED) is 0.0465. The molecule has 7 atom stereocenters. The van der Waals surface area contributed by atoms with Crippen molar-refractivity contribution >= 4 is 42.6 Å². The normalized spacial score (nSPS) is 18.6. The molecule has 91 heavy (non-hydrogen) atoms. The van der Waals surface area contributed by atoms with E-state index in [1.54, 1.807) is 12.1 Å². The minimum absolute atomic E-state index is 0. The van der Waals surface area contributed by atoms with Crippen molar-refractivity contribution in [2.75, 3.05) is 82.6 Å². The average molecular weight is 1320 g/mol. The summed E-state index contributed by atoms with van der Waals surface area (Å²) in [7, 11) is 11.5. The fraction of sp³-hybridized carbons (Fsp3) is 0.848. The molecule has 25 heteroatoms. The molecule has 11 N–H and O–H groups in total. The van der Waals surface area contributed by atoms with Crippen molar-refractivity contribution in [3.05, 3.63) is 29.8 Å². The molecule has 1 aromatic rings. The van der Waals surface area contributed by atoms with Crippen LogP contribution in [0.3, 0.4) is 0 Å². The first-order valence-electron chi connectivity index (χ1n) is 32.6. The topological polar surface area (TPSA) is 318 Å². The number of aliphatic hydroxyl groups is 3. The van der Waals surface area contributed by atoms with Gasteiger partial charge in [-0.3, -0.25) is 9.35 Å². The summed E-state index contributed by atoms with van der Waals surface area (Å²) in [4.78, 5) is 56.4. The molecule has 0 heterocycles. The van der Waals surface area contributed by atoms with Crippen LogP contribution >= 0.6 is 0 Å². The molecule has 0 bridgehead atoms. The molecule has 0 unspecified atom stereocenters. The van der Waals surface area contributed by atoms with Gasteiger partial charge in [-0.25, -0.2) is 14.4 Å². The Kier molecular flexibility index (Phi) is 47.2. The standard InChI is InChI=1S/2C16H32N2O3.C16H30N2O3.C11H24N2O.C7H8O3S.B.Na.H2O.H/c3*1-16(2,3)21-15(20)17-13(11-18(4)5)14(19)12-9-7-6-8-10-12;1-13(2)8-10(12)11(14)9-6-4-3-5-7-9;1-6-2-4-7(5-3-6)11(8,9)10;;;;/h2*12-14,19H,6-11H2,1-5H3,(H,17,20);12-13H,6-11H2,1-5H3,(H,17,20);9-11,14H,3-8,12H2,1-2H3;2-5H,1H3,(H,8,9,10);;;1H2;/q;;;;;;+1;;-1/t13-,14+;13-,14-;13-;10-,11+;;;;;/m1111...../s1. The van der Waals surface area contributed by atoms with Gasteiger partial charge in [-0.15, -0.1) is 0 Å². The van der Waals surface area contributed by atoms with Gasteiger partial charge in [0.05, 0.1) is 35.3 Å². The van der Waals surface area contributed by atoms with Gasteiger partial charge < -0.3 is 77.7 Å². The zero-order valence-electron chi connectivity index (χ0n) is 60.9. The third-order valence-electron chi connectivity index (χ3n) is 15.7. The van der Waals surface area contributed by atoms with Crippen molar-refractivity contribution < 1.29 is 98.1 Å². The molecule has 5 rings (SSSR count). The van der Waals surface area contributed by atoms with Crippen molar-refractivity contribution in [2.45, 2.75) is 262 Å². The summed E-state index contributed by atoms with van der Waals surface area (Å²) in [6.07, 6.45) is 20.1. The Bertz CT molecular complexity index is 2160. The van der Waals surface area contributed by atoms with E-state index in [1.165, 1.54) is 76.3 Å². The molecule has 22 nitrogen and oxygen atoms in total. The minimum Gasteiger partial charge on any atom is -1.00 e. The second kappa shape index (κ2) is 46.5. The van der Waals surface area contributed by atoms with Gasteiger partial charge in [-0.2, -0.15) is 8.42 Å². The Morgan fingerprint density at radius 2 is 0.802 bits per heavy atom. The van der Waals surface area contributed by atoms with E-state index in [0.717, 1.165) is 76.3 Å². The number of carbonyl (C=O) groups excluding carboxylic acids is 4. The third-order valence-corrected chi connectivity index (χ3v) is 16.5. The van der Waals surface area contributed by atoms with Gasteiger partial charge in [0, 0.05) is 46.6 Å². The minimum atomic E-state index is -4.02. The molecule has 0 spiro atoms. The van der Waals surface area contributed by atoms with Crippen LogP contribution in [0.2, 0.25) is 0 Å². The van der Waals surface area contributed by atoms with Crippen LogP contribution in [0.1, 0.15) is 198 Å². The molecule has 0 saturated heterocycles. The van der Waals surface area contributed by atoms with E-state index >= 15 is 0 Å². The summed E-state index contributed by atoms with van der Waals surface area (Å²) in [6, 6.07) is 4.82. The first kappa shape index (κ1) is 92.5. The summed E-state index contributed by atoms with van der Waals surface area (Å²) in [5.74, 6) is 1.23. The van der Waals surface area contributed by atoms with Gasteiger partial charge in [0.2, 0.25) is 0 Å². The second-order valence-corrected chi connectivity index (χ2v) is 30.5. The number of hydrogen-bond acceptors (Lipinski definition) is 17. The number of Topliss-reactive ketones (excluding diaryl/α,β-unsaturated/α-hetero) is 1. The number of carbonyl (C=O) groups is 4. The van der Waals surface area contributed by atoms with E-state index in [-0.39, 0.29) is 97.5 Å². The summed E-state index contributed by atoms with van der Waals surface area (Å²) in [5, 5.41) is 39.8. The Labute approximate surface area is 576 Å². The fourth-order valence-electron chi connectivity index (χ4n) is 11.5. The molecule has 3 amide bonds. The van der Waals surface area contributed by atoms with Gasteiger partial charge in [0.25, 0.3) is 10.1 Å². The SMILES string of the molecule is CN(C)C[C@@H](N)[C@@H](O)C1CCCCC1.CN(C)C[C@@H](NC(=O)OC(C)(C)C)C(=O)C1CCCCC1.CN(C)C[C@@H](NC(=O)OC(C)(C)C)[C@@H](O)C1CCCCC1.CN(C)C[C@@H](NC(=O)OC(C)(C)C)[C@H](O)C1CCCCC1.Cc1ccc(S(=O)(=O)O)cc1.O.[B].[H-].[Na+]. The monoisotopic (exact) mass is 1320 g/mol. The van der Waals surface area contributed by atoms with Crippen molar-refractivity contribution in [3.8, 4) is 0 Å². The Balaban J connectivity index is -0.000000529. The first-order valence-corrected chi connectivity index (χ1v) is 34.1. The zero-order valence-corrected chi connectivity index (χ0v) is 62.8. The summed E-state index contributed by atoms with van der Waals surface area (Å²) >= 11 is 0. The molecule has 4 aliphatic carbocycles. The second-order valence-electron chi connectivity index (χ2n) is 29.1. The maximum Gasteiger partial charge on any atom is 1.00 e. The van der Waals surface area contributed by atoms with E-state index in [0.29, 0.717) is 25.6 Å². The molecule has 4 aliphatic rings. The van der Waals surface area contributed by atoms with Crippen LogP contribution in [-0.2, 0) is 29.1 Å². The number of likely N-dealkylation sites (N-methyl/N-ethyl adjacent to an activating group) is 4. The van der Waals surface area contributed by atoms with Crippen molar-refractivity contribution in [2.24, 2.45) is 29.4 Å². The van der Waals surface area contributed by atoms with E-state index in [1.807, 2.05) is 145 Å². The van der Waals surface area contributed by atoms with Crippen molar-refractivity contribution in [1.82, 2.24) is 35.6 Å². The predicted octanol–water partition coefficient (Wildman–Crippen LogP) is 5.32. The maximum absolute atomic E-state index is 12.6. The number of nitrogens with zero attached hydrogens (tertiary/aromatic N) is 4. The summed E-state index contributed by atoms with van der Waals surface area (Å²) in [6.45, 7) is 20.8. The first-order chi connectivity index (χ1) is 40.7. The predicted molar refractivity (Wildman–Crippen MR) is 362 cm³/mol. The number of ketones is 1. The van der Waals surface area contributed by atoms with Gasteiger partial charge in [0.15, 0.2) is 5.78 Å². The van der Waals surface area contributed by atoms with Gasteiger partial charge in [-0.1, -0.05) is 94.7 Å². The largest absolute Gasteiger partial charge is 1.00 e. The van der Waals surface area contributed by atoms with E-state index in [4.69, 9.17) is 24.5 Å². The smallest absolute Gasteiger partial charge is 1.00 e. The Hall–Kier alpha value is -2.69. The van der Waals surface area contributed by atoms with Gasteiger partial charge in [-0.05, 0) is 207 Å². The number of hydrogen-bond donors (Lipinski definition) is 8. The molecular formula is C66H129BN8NaO14S. The molecule has 1 aromatic carbocycles. The number of aliphatic hydroxyl groups excluding tert-OH is 3. The number of amides is 3. The van der Waals surface area contributed by atoms with Gasteiger partial charge >= 0.3 is 47.8 Å². The molecule has 0 aliphatic heterocycles. The third kappa shape index (κ3) is 43.9. The number of rotatable bonds is 20. The van der Waals surface area contributed by atoms with E-state index in [9.17, 15) is 42.9 Å². The average Bonchev–Trinajstić information content (AvgIpc) is 1.42. The summed E-state index contributed by atoms with van der Waals surface area (Å²) in [5.41, 5.74) is 5.31. The molecular weight excluding hydrogens is 1190 g/mol. The molecule has 3 radical (unpaired) electrons. The molecule has 0 aromatic heterocycles. The fourth-order valence-corrected chi connectivity index (χ4v) is 12.0. The number of alkyl carbamates (subject to hydrolysis) is 3. The number of aryl methyl sites for hydroxylation is 1. The number of benzene rings is 1. The summed E-state index contributed by atoms with van der Waals surface area (Å²) < 4.78 is 45.4. The van der Waals surface area contributed by atoms with Crippen molar-refractivity contribution in [3.63, 3.8) is 0 Å². The number of nitrogens with one attached hydrogen (secondary N) is 3. The molecule has 4 fully saturated rings. The Morgan fingerprint density at radius 3 is 1.09 bits per heavy atom. The molecule has 4 saturated carbocycles. The molecule has 527 valence electrons. The van der Waals surface area contributed by atoms with Crippen molar-refractivity contribution in [1.29, 1.82) is 0 Å². The van der Waals surface area contributed by atoms with Crippen LogP contribution < -0.4 is 51.2 Å². The maximum atomic E-state index is 12.6. The van der Waals surface area contributed by atoms with Crippen LogP contribution in [0.4, 0.5) is 14.4 Å². The number of ether oxygens (including phenoxy) is 3. The zero-order chi connectivity index (χ0) is 67.2. The van der Waals surface area contributed by atoms with Crippen LogP contribution in [0.15, 0.2) is 29.2 Å². The number of nitrogens with two attached hydrogens (primary N) is 1. The Morgan fingerprint density at radius 1 is 0.516 bits per heavy atom. The van der Waals surface area contributed by atoms with Gasteiger partial charge in [0.1, 0.15) is 22.8 Å². The van der Waals surface area contributed by atoms with E-state index < -0.39 is 63.5 Å².